The van der Waals surface area contributed by atoms with Gasteiger partial charge in [0.15, 0.2) is 0 Å². The Balaban J connectivity index is 2.10. The normalized spacial score (nSPS) is 25.1. The van der Waals surface area contributed by atoms with E-state index in [0.29, 0.717) is 25.1 Å². The zero-order valence-corrected chi connectivity index (χ0v) is 10.6. The molecule has 1 N–H and O–H groups in total. The first-order valence-corrected chi connectivity index (χ1v) is 6.39. The molecule has 1 fully saturated rings. The number of hydrogen-bond acceptors (Lipinski definition) is 4. The number of likely N-dealkylation sites (tertiary alicyclic amines) is 1. The van der Waals surface area contributed by atoms with E-state index in [9.17, 15) is 14.7 Å². The van der Waals surface area contributed by atoms with Crippen molar-refractivity contribution in [3.05, 3.63) is 0 Å². The fraction of sp³-hybridized carbons (Fsp3) is 0.750. The van der Waals surface area contributed by atoms with Crippen LogP contribution in [0.5, 0.6) is 0 Å². The third kappa shape index (κ3) is 2.53. The molecule has 1 saturated heterocycles. The summed E-state index contributed by atoms with van der Waals surface area (Å²) in [5, 5.41) is 14.6. The fourth-order valence-corrected chi connectivity index (χ4v) is 2.45. The second-order valence-electron chi connectivity index (χ2n) is 4.79. The highest BCUT2D eigenvalue weighted by Gasteiger charge is 2.31. The Labute approximate surface area is 106 Å². The van der Waals surface area contributed by atoms with E-state index in [1.165, 1.54) is 5.01 Å². The molecule has 18 heavy (non-hydrogen) atoms. The molecule has 1 unspecified atom stereocenters. The Morgan fingerprint density at radius 1 is 1.44 bits per heavy atom. The highest BCUT2D eigenvalue weighted by atomic mass is 16.3. The molecule has 0 aromatic heterocycles. The standard InChI is InChI=1S/C12H19N3O3/c1-14-11(17)6-5-10(13-14)12(18)15-7-3-2-4-9(15)8-16/h9,16H,2-8H2,1H3. The molecular formula is C12H19N3O3. The van der Waals surface area contributed by atoms with Gasteiger partial charge in [0.25, 0.3) is 5.91 Å². The Hall–Kier alpha value is -1.43. The number of piperidine rings is 1. The molecule has 2 rings (SSSR count). The average Bonchev–Trinajstić information content (AvgIpc) is 2.41. The van der Waals surface area contributed by atoms with Crippen molar-refractivity contribution in [2.75, 3.05) is 20.2 Å². The molecule has 2 amide bonds. The number of carbonyl (C=O) groups excluding carboxylic acids is 2. The average molecular weight is 253 g/mol. The van der Waals surface area contributed by atoms with Crippen molar-refractivity contribution < 1.29 is 14.7 Å². The van der Waals surface area contributed by atoms with E-state index < -0.39 is 0 Å². The van der Waals surface area contributed by atoms with Gasteiger partial charge in [0.05, 0.1) is 12.6 Å². The molecule has 2 heterocycles. The first-order valence-electron chi connectivity index (χ1n) is 6.39. The van der Waals surface area contributed by atoms with Crippen LogP contribution in [0.1, 0.15) is 32.1 Å². The first-order chi connectivity index (χ1) is 8.63. The molecule has 1 atom stereocenters. The molecule has 0 aliphatic carbocycles. The lowest BCUT2D eigenvalue weighted by molar-refractivity contribution is -0.131. The van der Waals surface area contributed by atoms with E-state index in [1.807, 2.05) is 0 Å². The highest BCUT2D eigenvalue weighted by molar-refractivity contribution is 6.39. The summed E-state index contributed by atoms with van der Waals surface area (Å²) in [6, 6.07) is -0.100. The Bertz CT molecular complexity index is 381. The van der Waals surface area contributed by atoms with Gasteiger partial charge in [-0.2, -0.15) is 5.10 Å². The minimum absolute atomic E-state index is 0.00616. The van der Waals surface area contributed by atoms with Crippen LogP contribution in [-0.2, 0) is 9.59 Å². The summed E-state index contributed by atoms with van der Waals surface area (Å²) in [4.78, 5) is 25.3. The number of aliphatic hydroxyl groups is 1. The van der Waals surface area contributed by atoms with E-state index in [-0.39, 0.29) is 24.5 Å². The Morgan fingerprint density at radius 3 is 2.89 bits per heavy atom. The number of aliphatic hydroxyl groups excluding tert-OH is 1. The minimum Gasteiger partial charge on any atom is -0.394 e. The van der Waals surface area contributed by atoms with E-state index >= 15 is 0 Å². The third-order valence-corrected chi connectivity index (χ3v) is 3.55. The molecule has 2 aliphatic heterocycles. The van der Waals surface area contributed by atoms with E-state index in [0.717, 1.165) is 19.3 Å². The summed E-state index contributed by atoms with van der Waals surface area (Å²) in [5.41, 5.74) is 0.428. The van der Waals surface area contributed by atoms with Crippen LogP contribution >= 0.6 is 0 Å². The van der Waals surface area contributed by atoms with Gasteiger partial charge in [-0.25, -0.2) is 5.01 Å². The summed E-state index contributed by atoms with van der Waals surface area (Å²) >= 11 is 0. The maximum absolute atomic E-state index is 12.3. The lowest BCUT2D eigenvalue weighted by Gasteiger charge is -2.35. The monoisotopic (exact) mass is 253 g/mol. The van der Waals surface area contributed by atoms with Gasteiger partial charge in [0, 0.05) is 26.4 Å². The molecule has 0 saturated carbocycles. The second kappa shape index (κ2) is 5.48. The molecule has 2 aliphatic rings. The van der Waals surface area contributed by atoms with E-state index in [1.54, 1.807) is 11.9 Å². The van der Waals surface area contributed by atoms with Gasteiger partial charge in [-0.05, 0) is 19.3 Å². The Kier molecular flexibility index (Phi) is 3.96. The summed E-state index contributed by atoms with van der Waals surface area (Å²) in [6.07, 6.45) is 3.57. The molecule has 0 aromatic rings. The Morgan fingerprint density at radius 2 is 2.22 bits per heavy atom. The zero-order chi connectivity index (χ0) is 13.1. The maximum Gasteiger partial charge on any atom is 0.270 e. The predicted molar refractivity (Wildman–Crippen MR) is 65.9 cm³/mol. The van der Waals surface area contributed by atoms with Crippen molar-refractivity contribution in [1.29, 1.82) is 0 Å². The van der Waals surface area contributed by atoms with E-state index in [4.69, 9.17) is 0 Å². The quantitative estimate of drug-likeness (QED) is 0.751. The summed E-state index contributed by atoms with van der Waals surface area (Å²) < 4.78 is 0. The third-order valence-electron chi connectivity index (χ3n) is 3.55. The second-order valence-corrected chi connectivity index (χ2v) is 4.79. The number of carbonyl (C=O) groups is 2. The lowest BCUT2D eigenvalue weighted by atomic mass is 10.0. The van der Waals surface area contributed by atoms with Crippen molar-refractivity contribution >= 4 is 17.5 Å². The minimum atomic E-state index is -0.131. The highest BCUT2D eigenvalue weighted by Crippen LogP contribution is 2.19. The largest absolute Gasteiger partial charge is 0.394 e. The van der Waals surface area contributed by atoms with Crippen LogP contribution in [0.4, 0.5) is 0 Å². The molecule has 100 valence electrons. The van der Waals surface area contributed by atoms with Gasteiger partial charge in [0.1, 0.15) is 5.71 Å². The van der Waals surface area contributed by atoms with Crippen LogP contribution in [0.2, 0.25) is 0 Å². The van der Waals surface area contributed by atoms with Crippen molar-refractivity contribution in [3.8, 4) is 0 Å². The van der Waals surface area contributed by atoms with Crippen LogP contribution in [0.25, 0.3) is 0 Å². The SMILES string of the molecule is CN1N=C(C(=O)N2CCCCC2CO)CCC1=O. The summed E-state index contributed by atoms with van der Waals surface area (Å²) in [6.45, 7) is 0.661. The van der Waals surface area contributed by atoms with Gasteiger partial charge in [-0.3, -0.25) is 9.59 Å². The van der Waals surface area contributed by atoms with Crippen LogP contribution in [0.15, 0.2) is 5.10 Å². The molecule has 0 bridgehead atoms. The molecular weight excluding hydrogens is 234 g/mol. The zero-order valence-electron chi connectivity index (χ0n) is 10.6. The summed E-state index contributed by atoms with van der Waals surface area (Å²) in [7, 11) is 1.56. The topological polar surface area (TPSA) is 73.2 Å². The van der Waals surface area contributed by atoms with Crippen molar-refractivity contribution in [1.82, 2.24) is 9.91 Å². The first kappa shape index (κ1) is 13.0. The maximum atomic E-state index is 12.3. The van der Waals surface area contributed by atoms with Crippen molar-refractivity contribution in [2.45, 2.75) is 38.1 Å². The van der Waals surface area contributed by atoms with Gasteiger partial charge in [0.2, 0.25) is 5.91 Å². The molecule has 0 radical (unpaired) electrons. The van der Waals surface area contributed by atoms with Gasteiger partial charge in [-0.1, -0.05) is 0 Å². The van der Waals surface area contributed by atoms with Gasteiger partial charge >= 0.3 is 0 Å². The predicted octanol–water partition coefficient (Wildman–Crippen LogP) is -0.0320. The fourth-order valence-electron chi connectivity index (χ4n) is 2.45. The van der Waals surface area contributed by atoms with Gasteiger partial charge < -0.3 is 10.0 Å². The number of hydrogen-bond donors (Lipinski definition) is 1. The number of amides is 2. The molecule has 0 aromatic carbocycles. The van der Waals surface area contributed by atoms with Crippen LogP contribution in [0, 0.1) is 0 Å². The lowest BCUT2D eigenvalue weighted by Crippen LogP contribution is -2.49. The van der Waals surface area contributed by atoms with Crippen LogP contribution in [-0.4, -0.2) is 58.8 Å². The van der Waals surface area contributed by atoms with Crippen LogP contribution < -0.4 is 0 Å². The smallest absolute Gasteiger partial charge is 0.270 e. The van der Waals surface area contributed by atoms with Gasteiger partial charge in [-0.15, -0.1) is 0 Å². The van der Waals surface area contributed by atoms with Crippen molar-refractivity contribution in [3.63, 3.8) is 0 Å². The number of rotatable bonds is 2. The number of nitrogens with zero attached hydrogens (tertiary/aromatic N) is 3. The van der Waals surface area contributed by atoms with Crippen molar-refractivity contribution in [2.24, 2.45) is 5.10 Å². The summed E-state index contributed by atoms with van der Waals surface area (Å²) in [5.74, 6) is -0.197. The molecule has 0 spiro atoms. The number of hydrazone groups is 1. The molecule has 6 heteroatoms. The van der Waals surface area contributed by atoms with E-state index in [2.05, 4.69) is 5.10 Å². The molecule has 6 nitrogen and oxygen atoms in total. The van der Waals surface area contributed by atoms with Crippen LogP contribution in [0.3, 0.4) is 0 Å².